The van der Waals surface area contributed by atoms with Crippen molar-refractivity contribution in [3.63, 3.8) is 0 Å². The van der Waals surface area contributed by atoms with Crippen LogP contribution in [0, 0.1) is 13.8 Å². The smallest absolute Gasteiger partial charge is 0.168 e. The molecule has 17 heavy (non-hydrogen) atoms. The van der Waals surface area contributed by atoms with E-state index in [0.717, 1.165) is 26.0 Å². The Labute approximate surface area is 114 Å². The fraction of sp³-hybridized carbons (Fsp3) is 0.214. The first-order valence-electron chi connectivity index (χ1n) is 5.40. The topological polar surface area (TPSA) is 17.1 Å². The Morgan fingerprint density at radius 3 is 2.47 bits per heavy atom. The first kappa shape index (κ1) is 12.5. The summed E-state index contributed by atoms with van der Waals surface area (Å²) in [5, 5.41) is 2.01. The second-order valence-electron chi connectivity index (χ2n) is 4.10. The zero-order valence-corrected chi connectivity index (χ0v) is 12.2. The van der Waals surface area contributed by atoms with E-state index in [2.05, 4.69) is 15.9 Å². The molecule has 1 nitrogen and oxygen atoms in total. The van der Waals surface area contributed by atoms with Gasteiger partial charge in [-0.05, 0) is 47.0 Å². The van der Waals surface area contributed by atoms with E-state index >= 15 is 0 Å². The van der Waals surface area contributed by atoms with Crippen LogP contribution in [0.15, 0.2) is 34.1 Å². The van der Waals surface area contributed by atoms with Gasteiger partial charge in [0.05, 0.1) is 0 Å². The number of hydrogen-bond donors (Lipinski definition) is 0. The van der Waals surface area contributed by atoms with Crippen molar-refractivity contribution in [3.05, 3.63) is 55.7 Å². The molecule has 0 aliphatic rings. The molecule has 1 aromatic heterocycles. The Bertz CT molecular complexity index is 537. The van der Waals surface area contributed by atoms with Gasteiger partial charge in [-0.25, -0.2) is 0 Å². The van der Waals surface area contributed by atoms with Crippen LogP contribution in [-0.2, 0) is 6.42 Å². The molecule has 0 bridgehead atoms. The van der Waals surface area contributed by atoms with Crippen LogP contribution in [0.2, 0.25) is 0 Å². The van der Waals surface area contributed by atoms with Crippen molar-refractivity contribution in [2.75, 3.05) is 0 Å². The highest BCUT2D eigenvalue weighted by Gasteiger charge is 2.13. The van der Waals surface area contributed by atoms with Gasteiger partial charge in [0.2, 0.25) is 0 Å². The van der Waals surface area contributed by atoms with E-state index in [-0.39, 0.29) is 5.78 Å². The Balaban J connectivity index is 2.26. The van der Waals surface area contributed by atoms with E-state index in [4.69, 9.17) is 0 Å². The second-order valence-corrected chi connectivity index (χ2v) is 6.01. The second kappa shape index (κ2) is 5.15. The van der Waals surface area contributed by atoms with Crippen LogP contribution in [0.3, 0.4) is 0 Å². The van der Waals surface area contributed by atoms with Gasteiger partial charge >= 0.3 is 0 Å². The van der Waals surface area contributed by atoms with Gasteiger partial charge in [0.25, 0.3) is 0 Å². The number of carbonyl (C=O) groups excluding carboxylic acids is 1. The number of aryl methyl sites for hydroxylation is 2. The van der Waals surface area contributed by atoms with Crippen molar-refractivity contribution in [1.82, 2.24) is 0 Å². The fourth-order valence-electron chi connectivity index (χ4n) is 1.95. The van der Waals surface area contributed by atoms with Gasteiger partial charge in [-0.2, -0.15) is 0 Å². The molecule has 2 rings (SSSR count). The average Bonchev–Trinajstić information content (AvgIpc) is 2.63. The molecular formula is C14H13BrOS. The summed E-state index contributed by atoms with van der Waals surface area (Å²) < 4.78 is 1.05. The maximum Gasteiger partial charge on any atom is 0.168 e. The molecule has 1 heterocycles. The average molecular weight is 309 g/mol. The zero-order chi connectivity index (χ0) is 12.4. The lowest BCUT2D eigenvalue weighted by atomic mass is 9.97. The van der Waals surface area contributed by atoms with Gasteiger partial charge in [0.15, 0.2) is 5.78 Å². The monoisotopic (exact) mass is 308 g/mol. The Morgan fingerprint density at radius 1 is 1.29 bits per heavy atom. The van der Waals surface area contributed by atoms with E-state index in [1.54, 1.807) is 11.3 Å². The van der Waals surface area contributed by atoms with Crippen LogP contribution in [0.4, 0.5) is 0 Å². The Morgan fingerprint density at radius 2 is 1.94 bits per heavy atom. The number of benzene rings is 1. The minimum Gasteiger partial charge on any atom is -0.294 e. The predicted molar refractivity (Wildman–Crippen MR) is 76.0 cm³/mol. The maximum absolute atomic E-state index is 12.3. The highest BCUT2D eigenvalue weighted by molar-refractivity contribution is 9.10. The molecule has 0 atom stereocenters. The molecule has 3 heteroatoms. The van der Waals surface area contributed by atoms with Crippen molar-refractivity contribution < 1.29 is 4.79 Å². The zero-order valence-electron chi connectivity index (χ0n) is 9.79. The molecular weight excluding hydrogens is 296 g/mol. The summed E-state index contributed by atoms with van der Waals surface area (Å²) in [6.45, 7) is 3.98. The summed E-state index contributed by atoms with van der Waals surface area (Å²) in [4.78, 5) is 13.4. The molecule has 0 spiro atoms. The normalized spacial score (nSPS) is 10.5. The van der Waals surface area contributed by atoms with Crippen LogP contribution >= 0.6 is 27.3 Å². The summed E-state index contributed by atoms with van der Waals surface area (Å²) in [5.74, 6) is 0.204. The molecule has 0 aliphatic carbocycles. The minimum absolute atomic E-state index is 0.204. The van der Waals surface area contributed by atoms with Crippen LogP contribution < -0.4 is 0 Å². The van der Waals surface area contributed by atoms with Gasteiger partial charge < -0.3 is 0 Å². The molecule has 0 unspecified atom stereocenters. The highest BCUT2D eigenvalue weighted by Crippen LogP contribution is 2.23. The maximum atomic E-state index is 12.3. The third kappa shape index (κ3) is 2.85. The van der Waals surface area contributed by atoms with E-state index in [1.807, 2.05) is 43.5 Å². The lowest BCUT2D eigenvalue weighted by Crippen LogP contribution is -2.06. The molecule has 88 valence electrons. The van der Waals surface area contributed by atoms with E-state index in [0.29, 0.717) is 6.42 Å². The molecule has 1 aromatic carbocycles. The quantitative estimate of drug-likeness (QED) is 0.760. The molecule has 0 saturated heterocycles. The molecule has 0 amide bonds. The number of hydrogen-bond acceptors (Lipinski definition) is 2. The molecule has 0 radical (unpaired) electrons. The van der Waals surface area contributed by atoms with Gasteiger partial charge in [-0.3, -0.25) is 4.79 Å². The first-order chi connectivity index (χ1) is 8.08. The Hall–Kier alpha value is -0.930. The lowest BCUT2D eigenvalue weighted by molar-refractivity contribution is 0.0992. The molecule has 2 aromatic rings. The number of carbonyl (C=O) groups is 1. The number of thiophene rings is 1. The minimum atomic E-state index is 0.204. The summed E-state index contributed by atoms with van der Waals surface area (Å²) in [6.07, 6.45) is 0.488. The van der Waals surface area contributed by atoms with Gasteiger partial charge in [-0.15, -0.1) is 11.3 Å². The predicted octanol–water partition coefficient (Wildman–Crippen LogP) is 4.55. The third-order valence-corrected chi connectivity index (χ3v) is 4.41. The van der Waals surface area contributed by atoms with Crippen LogP contribution in [0.25, 0.3) is 0 Å². The highest BCUT2D eigenvalue weighted by atomic mass is 79.9. The SMILES string of the molecule is Cc1cccc(C)c1C(=O)Cc1cc(Br)cs1. The third-order valence-electron chi connectivity index (χ3n) is 2.72. The van der Waals surface area contributed by atoms with Crippen molar-refractivity contribution in [2.24, 2.45) is 0 Å². The van der Waals surface area contributed by atoms with Crippen molar-refractivity contribution >= 4 is 33.0 Å². The number of rotatable bonds is 3. The largest absolute Gasteiger partial charge is 0.294 e. The first-order valence-corrected chi connectivity index (χ1v) is 7.07. The molecule has 0 fully saturated rings. The number of halogens is 1. The standard InChI is InChI=1S/C14H13BrOS/c1-9-4-3-5-10(2)14(9)13(16)7-12-6-11(15)8-17-12/h3-6,8H,7H2,1-2H3. The number of ketones is 1. The summed E-state index contributed by atoms with van der Waals surface area (Å²) in [5.41, 5.74) is 2.99. The van der Waals surface area contributed by atoms with Gasteiger partial charge in [0, 0.05) is 26.7 Å². The van der Waals surface area contributed by atoms with E-state index in [1.165, 1.54) is 0 Å². The number of Topliss-reactive ketones (excluding diaryl/α,β-unsaturated/α-hetero) is 1. The molecule has 0 aliphatic heterocycles. The summed E-state index contributed by atoms with van der Waals surface area (Å²) >= 11 is 5.02. The van der Waals surface area contributed by atoms with Crippen LogP contribution in [0.1, 0.15) is 26.4 Å². The van der Waals surface area contributed by atoms with E-state index < -0.39 is 0 Å². The molecule has 0 saturated carbocycles. The van der Waals surface area contributed by atoms with Crippen LogP contribution in [-0.4, -0.2) is 5.78 Å². The van der Waals surface area contributed by atoms with Gasteiger partial charge in [-0.1, -0.05) is 18.2 Å². The fourth-order valence-corrected chi connectivity index (χ4v) is 3.40. The summed E-state index contributed by atoms with van der Waals surface area (Å²) in [7, 11) is 0. The Kier molecular flexibility index (Phi) is 3.79. The summed E-state index contributed by atoms with van der Waals surface area (Å²) in [6, 6.07) is 7.98. The molecule has 0 N–H and O–H groups in total. The van der Waals surface area contributed by atoms with Crippen molar-refractivity contribution in [3.8, 4) is 0 Å². The lowest BCUT2D eigenvalue weighted by Gasteiger charge is -2.07. The van der Waals surface area contributed by atoms with E-state index in [9.17, 15) is 4.79 Å². The van der Waals surface area contributed by atoms with Crippen molar-refractivity contribution in [1.29, 1.82) is 0 Å². The van der Waals surface area contributed by atoms with Crippen molar-refractivity contribution in [2.45, 2.75) is 20.3 Å². The van der Waals surface area contributed by atoms with Gasteiger partial charge in [0.1, 0.15) is 0 Å². The van der Waals surface area contributed by atoms with Crippen LogP contribution in [0.5, 0.6) is 0 Å².